The van der Waals surface area contributed by atoms with Gasteiger partial charge in [0.25, 0.3) is 5.95 Å². The maximum Gasteiger partial charge on any atom is 0.265 e. The van der Waals surface area contributed by atoms with E-state index in [0.29, 0.717) is 18.4 Å². The third kappa shape index (κ3) is 4.62. The Hall–Kier alpha value is -2.93. The molecule has 1 fully saturated rings. The molecule has 7 heteroatoms. The molecule has 0 bridgehead atoms. The molecule has 1 atom stereocenters. The van der Waals surface area contributed by atoms with Crippen molar-refractivity contribution in [2.75, 3.05) is 38.6 Å². The SMILES string of the molecule is C[C@@H](NC(=O)CN1CCC(c2nc(N(C)C)no2)CC1)c1ccc2ccccc2c1. The highest BCUT2D eigenvalue weighted by Gasteiger charge is 2.26. The zero-order chi connectivity index (χ0) is 21.1. The summed E-state index contributed by atoms with van der Waals surface area (Å²) in [4.78, 5) is 21.1. The molecule has 1 aliphatic heterocycles. The Morgan fingerprint density at radius 1 is 1.20 bits per heavy atom. The zero-order valence-corrected chi connectivity index (χ0v) is 17.8. The maximum absolute atomic E-state index is 12.6. The van der Waals surface area contributed by atoms with Crippen LogP contribution in [0.4, 0.5) is 5.95 Å². The van der Waals surface area contributed by atoms with Gasteiger partial charge >= 0.3 is 0 Å². The van der Waals surface area contributed by atoms with E-state index in [0.717, 1.165) is 31.5 Å². The van der Waals surface area contributed by atoms with Gasteiger partial charge in [-0.15, -0.1) is 0 Å². The average Bonchev–Trinajstić information content (AvgIpc) is 3.24. The van der Waals surface area contributed by atoms with E-state index in [-0.39, 0.29) is 17.9 Å². The Bertz CT molecular complexity index is 1010. The van der Waals surface area contributed by atoms with Crippen molar-refractivity contribution in [2.45, 2.75) is 31.7 Å². The molecular formula is C23H29N5O2. The molecule has 30 heavy (non-hydrogen) atoms. The highest BCUT2D eigenvalue weighted by atomic mass is 16.5. The van der Waals surface area contributed by atoms with Crippen LogP contribution in [0.3, 0.4) is 0 Å². The van der Waals surface area contributed by atoms with Crippen LogP contribution in [0.5, 0.6) is 0 Å². The number of amides is 1. The summed E-state index contributed by atoms with van der Waals surface area (Å²) in [5.74, 6) is 1.63. The quantitative estimate of drug-likeness (QED) is 0.676. The van der Waals surface area contributed by atoms with Gasteiger partial charge in [-0.2, -0.15) is 4.98 Å². The third-order valence-electron chi connectivity index (χ3n) is 5.79. The number of fused-ring (bicyclic) bond motifs is 1. The Morgan fingerprint density at radius 2 is 1.93 bits per heavy atom. The monoisotopic (exact) mass is 407 g/mol. The van der Waals surface area contributed by atoms with Crippen LogP contribution in [-0.2, 0) is 4.79 Å². The van der Waals surface area contributed by atoms with E-state index in [2.05, 4.69) is 50.7 Å². The van der Waals surface area contributed by atoms with E-state index in [4.69, 9.17) is 4.52 Å². The number of nitrogens with one attached hydrogen (secondary N) is 1. The summed E-state index contributed by atoms with van der Waals surface area (Å²) in [6.45, 7) is 4.15. The van der Waals surface area contributed by atoms with Gasteiger partial charge in [-0.1, -0.05) is 36.4 Å². The fraction of sp³-hybridized carbons (Fsp3) is 0.435. The zero-order valence-electron chi connectivity index (χ0n) is 17.8. The van der Waals surface area contributed by atoms with Crippen LogP contribution in [0.25, 0.3) is 10.8 Å². The van der Waals surface area contributed by atoms with Gasteiger partial charge < -0.3 is 14.7 Å². The molecule has 3 aromatic rings. The van der Waals surface area contributed by atoms with Crippen molar-refractivity contribution >= 4 is 22.6 Å². The second-order valence-corrected chi connectivity index (χ2v) is 8.27. The summed E-state index contributed by atoms with van der Waals surface area (Å²) in [5, 5.41) is 9.54. The number of likely N-dealkylation sites (tertiary alicyclic amines) is 1. The second-order valence-electron chi connectivity index (χ2n) is 8.27. The van der Waals surface area contributed by atoms with Gasteiger partial charge in [0.2, 0.25) is 11.8 Å². The van der Waals surface area contributed by atoms with Gasteiger partial charge in [0.05, 0.1) is 12.6 Å². The first-order valence-corrected chi connectivity index (χ1v) is 10.5. The number of hydrogen-bond acceptors (Lipinski definition) is 6. The fourth-order valence-electron chi connectivity index (χ4n) is 3.96. The maximum atomic E-state index is 12.6. The first-order chi connectivity index (χ1) is 14.5. The number of rotatable bonds is 6. The largest absolute Gasteiger partial charge is 0.348 e. The van der Waals surface area contributed by atoms with Gasteiger partial charge in [-0.05, 0) is 60.4 Å². The molecule has 1 N–H and O–H groups in total. The van der Waals surface area contributed by atoms with Crippen LogP contribution in [0.2, 0.25) is 0 Å². The number of aromatic nitrogens is 2. The summed E-state index contributed by atoms with van der Waals surface area (Å²) in [6.07, 6.45) is 1.84. The van der Waals surface area contributed by atoms with Crippen molar-refractivity contribution in [3.05, 3.63) is 53.9 Å². The van der Waals surface area contributed by atoms with Crippen LogP contribution in [0.15, 0.2) is 47.0 Å². The first-order valence-electron chi connectivity index (χ1n) is 10.5. The lowest BCUT2D eigenvalue weighted by molar-refractivity contribution is -0.123. The lowest BCUT2D eigenvalue weighted by Crippen LogP contribution is -2.41. The molecule has 4 rings (SSSR count). The molecule has 7 nitrogen and oxygen atoms in total. The van der Waals surface area contributed by atoms with E-state index in [1.165, 1.54) is 10.8 Å². The van der Waals surface area contributed by atoms with Gasteiger partial charge in [0, 0.05) is 20.0 Å². The minimum absolute atomic E-state index is 0.0255. The van der Waals surface area contributed by atoms with Crippen molar-refractivity contribution in [2.24, 2.45) is 0 Å². The predicted octanol–water partition coefficient (Wildman–Crippen LogP) is 3.35. The molecule has 158 valence electrons. The Balaban J connectivity index is 1.28. The third-order valence-corrected chi connectivity index (χ3v) is 5.79. The number of anilines is 1. The Kier molecular flexibility index (Phi) is 5.99. The van der Waals surface area contributed by atoms with Crippen molar-refractivity contribution in [1.29, 1.82) is 0 Å². The molecule has 2 aromatic carbocycles. The second kappa shape index (κ2) is 8.83. The molecule has 1 aliphatic rings. The van der Waals surface area contributed by atoms with Crippen LogP contribution in [0.1, 0.15) is 43.2 Å². The van der Waals surface area contributed by atoms with Crippen molar-refractivity contribution < 1.29 is 9.32 Å². The minimum Gasteiger partial charge on any atom is -0.348 e. The van der Waals surface area contributed by atoms with Crippen molar-refractivity contribution in [1.82, 2.24) is 20.4 Å². The number of piperidine rings is 1. The molecule has 0 unspecified atom stereocenters. The first kappa shape index (κ1) is 20.3. The number of benzene rings is 2. The van der Waals surface area contributed by atoms with Gasteiger partial charge in [-0.3, -0.25) is 9.69 Å². The van der Waals surface area contributed by atoms with Crippen LogP contribution < -0.4 is 10.2 Å². The van der Waals surface area contributed by atoms with Gasteiger partial charge in [0.15, 0.2) is 0 Å². The average molecular weight is 408 g/mol. The number of nitrogens with zero attached hydrogens (tertiary/aromatic N) is 4. The molecule has 0 aliphatic carbocycles. The van der Waals surface area contributed by atoms with Crippen molar-refractivity contribution in [3.8, 4) is 0 Å². The lowest BCUT2D eigenvalue weighted by atomic mass is 9.97. The standard InChI is InChI=1S/C23H29N5O2/c1-16(19-9-8-17-6-4-5-7-20(17)14-19)24-21(29)15-28-12-10-18(11-13-28)22-25-23(26-30-22)27(2)3/h4-9,14,16,18H,10-13,15H2,1-3H3,(H,24,29)/t16-/m1/s1. The molecule has 1 aromatic heterocycles. The number of carbonyl (C=O) groups excluding carboxylic acids is 1. The molecule has 1 amide bonds. The Morgan fingerprint density at radius 3 is 2.63 bits per heavy atom. The molecule has 0 spiro atoms. The minimum atomic E-state index is -0.0255. The summed E-state index contributed by atoms with van der Waals surface area (Å²) < 4.78 is 5.41. The lowest BCUT2D eigenvalue weighted by Gasteiger charge is -2.30. The molecule has 1 saturated heterocycles. The highest BCUT2D eigenvalue weighted by molar-refractivity contribution is 5.83. The van der Waals surface area contributed by atoms with E-state index >= 15 is 0 Å². The normalized spacial score (nSPS) is 16.5. The molecular weight excluding hydrogens is 378 g/mol. The topological polar surface area (TPSA) is 74.5 Å². The molecule has 2 heterocycles. The van der Waals surface area contributed by atoms with E-state index in [1.807, 2.05) is 38.1 Å². The van der Waals surface area contributed by atoms with Crippen molar-refractivity contribution in [3.63, 3.8) is 0 Å². The van der Waals surface area contributed by atoms with E-state index in [9.17, 15) is 4.79 Å². The summed E-state index contributed by atoms with van der Waals surface area (Å²) in [6, 6.07) is 14.6. The number of carbonyl (C=O) groups is 1. The Labute approximate surface area is 177 Å². The smallest absolute Gasteiger partial charge is 0.265 e. The van der Waals surface area contributed by atoms with E-state index in [1.54, 1.807) is 0 Å². The van der Waals surface area contributed by atoms with E-state index < -0.39 is 0 Å². The number of hydrogen-bond donors (Lipinski definition) is 1. The highest BCUT2D eigenvalue weighted by Crippen LogP contribution is 2.27. The van der Waals surface area contributed by atoms with Crippen LogP contribution >= 0.6 is 0 Å². The molecule has 0 saturated carbocycles. The van der Waals surface area contributed by atoms with Gasteiger partial charge in [-0.25, -0.2) is 0 Å². The predicted molar refractivity (Wildman–Crippen MR) is 118 cm³/mol. The van der Waals surface area contributed by atoms with Crippen LogP contribution in [0, 0.1) is 0 Å². The van der Waals surface area contributed by atoms with Gasteiger partial charge in [0.1, 0.15) is 0 Å². The molecule has 0 radical (unpaired) electrons. The summed E-state index contributed by atoms with van der Waals surface area (Å²) >= 11 is 0. The fourth-order valence-corrected chi connectivity index (χ4v) is 3.96. The summed E-state index contributed by atoms with van der Waals surface area (Å²) in [7, 11) is 3.80. The summed E-state index contributed by atoms with van der Waals surface area (Å²) in [5.41, 5.74) is 1.12. The van der Waals surface area contributed by atoms with Crippen LogP contribution in [-0.4, -0.2) is 54.7 Å².